The summed E-state index contributed by atoms with van der Waals surface area (Å²) in [6.07, 6.45) is 2.68. The Morgan fingerprint density at radius 3 is 2.69 bits per heavy atom. The summed E-state index contributed by atoms with van der Waals surface area (Å²) >= 11 is 0. The second-order valence-electron chi connectivity index (χ2n) is 6.64. The van der Waals surface area contributed by atoms with E-state index in [0.717, 1.165) is 35.9 Å². The van der Waals surface area contributed by atoms with E-state index in [2.05, 4.69) is 26.7 Å². The molecule has 0 spiro atoms. The van der Waals surface area contributed by atoms with E-state index in [4.69, 9.17) is 9.15 Å². The van der Waals surface area contributed by atoms with Gasteiger partial charge in [-0.1, -0.05) is 36.4 Å². The normalized spacial score (nSPS) is 15.2. The maximum Gasteiger partial charge on any atom is 0.226 e. The molecule has 0 fully saturated rings. The number of nitrogens with zero attached hydrogens (tertiary/aromatic N) is 2. The van der Waals surface area contributed by atoms with Crippen LogP contribution in [0.1, 0.15) is 18.2 Å². The van der Waals surface area contributed by atoms with E-state index in [1.165, 1.54) is 5.56 Å². The van der Waals surface area contributed by atoms with Crippen molar-refractivity contribution in [3.05, 3.63) is 72.1 Å². The average molecular weight is 504 g/mol. The zero-order valence-electron chi connectivity index (χ0n) is 16.3. The molecule has 0 aliphatic carbocycles. The van der Waals surface area contributed by atoms with E-state index in [9.17, 15) is 0 Å². The summed E-state index contributed by atoms with van der Waals surface area (Å²) in [5.74, 6) is 2.33. The van der Waals surface area contributed by atoms with Gasteiger partial charge in [-0.3, -0.25) is 0 Å². The lowest BCUT2D eigenvalue weighted by atomic mass is 10.1. The summed E-state index contributed by atoms with van der Waals surface area (Å²) in [5, 5.41) is 6.62. The Bertz CT molecular complexity index is 918. The second-order valence-corrected chi connectivity index (χ2v) is 6.64. The van der Waals surface area contributed by atoms with E-state index >= 15 is 0 Å². The summed E-state index contributed by atoms with van der Waals surface area (Å²) in [6.45, 7) is 3.96. The quantitative estimate of drug-likeness (QED) is 0.302. The minimum Gasteiger partial charge on any atom is -0.488 e. The van der Waals surface area contributed by atoms with Crippen LogP contribution in [0.3, 0.4) is 0 Å². The molecule has 1 aliphatic heterocycles. The maximum atomic E-state index is 5.98. The summed E-state index contributed by atoms with van der Waals surface area (Å²) in [5.41, 5.74) is 3.01. The largest absolute Gasteiger partial charge is 0.488 e. The SMILES string of the molecule is CCNC(=NCc1coc(-c2ccccc2)n1)NCC1Cc2ccccc2O1.I. The molecule has 29 heavy (non-hydrogen) atoms. The molecule has 1 atom stereocenters. The van der Waals surface area contributed by atoms with Crippen molar-refractivity contribution in [3.8, 4) is 17.2 Å². The molecule has 0 saturated heterocycles. The van der Waals surface area contributed by atoms with Gasteiger partial charge < -0.3 is 19.8 Å². The molecule has 0 radical (unpaired) electrons. The first kappa shape index (κ1) is 21.2. The highest BCUT2D eigenvalue weighted by Crippen LogP contribution is 2.27. The van der Waals surface area contributed by atoms with E-state index in [0.29, 0.717) is 19.0 Å². The van der Waals surface area contributed by atoms with Crippen LogP contribution in [0.25, 0.3) is 11.5 Å². The zero-order valence-corrected chi connectivity index (χ0v) is 18.6. The van der Waals surface area contributed by atoms with Crippen molar-refractivity contribution in [1.29, 1.82) is 0 Å². The fourth-order valence-corrected chi connectivity index (χ4v) is 3.17. The molecule has 3 aromatic rings. The molecule has 0 amide bonds. The number of guanidine groups is 1. The minimum atomic E-state index is 0. The van der Waals surface area contributed by atoms with Crippen LogP contribution in [0.15, 0.2) is 70.3 Å². The number of fused-ring (bicyclic) bond motifs is 1. The molecule has 6 nitrogen and oxygen atoms in total. The molecule has 4 rings (SSSR count). The standard InChI is InChI=1S/C22H24N4O2.HI/c1-2-23-22(25-14-19-12-17-10-6-7-11-20(17)28-19)24-13-18-15-27-21(26-18)16-8-4-3-5-9-16;/h3-11,15,19H,2,12-14H2,1H3,(H2,23,24,25);1H. The van der Waals surface area contributed by atoms with E-state index in [1.54, 1.807) is 6.26 Å². The van der Waals surface area contributed by atoms with Crippen LogP contribution in [0.5, 0.6) is 5.75 Å². The highest BCUT2D eigenvalue weighted by Gasteiger charge is 2.22. The van der Waals surface area contributed by atoms with Gasteiger partial charge in [0, 0.05) is 18.5 Å². The van der Waals surface area contributed by atoms with Gasteiger partial charge in [0.15, 0.2) is 5.96 Å². The second kappa shape index (κ2) is 10.3. The molecule has 2 heterocycles. The molecule has 152 valence electrons. The van der Waals surface area contributed by atoms with Gasteiger partial charge in [-0.05, 0) is 30.7 Å². The maximum absolute atomic E-state index is 5.98. The molecule has 2 aromatic carbocycles. The Labute approximate surface area is 187 Å². The Hall–Kier alpha value is -2.55. The number of aliphatic imine (C=N–C) groups is 1. The van der Waals surface area contributed by atoms with Crippen LogP contribution in [-0.4, -0.2) is 30.1 Å². The number of benzene rings is 2. The van der Waals surface area contributed by atoms with Crippen LogP contribution in [0, 0.1) is 0 Å². The zero-order chi connectivity index (χ0) is 19.2. The Morgan fingerprint density at radius 2 is 1.90 bits per heavy atom. The minimum absolute atomic E-state index is 0. The monoisotopic (exact) mass is 504 g/mol. The fraction of sp³-hybridized carbons (Fsp3) is 0.273. The van der Waals surface area contributed by atoms with Crippen molar-refractivity contribution in [2.45, 2.75) is 26.0 Å². The number of nitrogens with one attached hydrogen (secondary N) is 2. The molecule has 1 aliphatic rings. The fourth-order valence-electron chi connectivity index (χ4n) is 3.17. The number of halogens is 1. The molecular weight excluding hydrogens is 479 g/mol. The highest BCUT2D eigenvalue weighted by molar-refractivity contribution is 14.0. The van der Waals surface area contributed by atoms with Crippen LogP contribution in [-0.2, 0) is 13.0 Å². The lowest BCUT2D eigenvalue weighted by Crippen LogP contribution is -2.42. The predicted octanol–water partition coefficient (Wildman–Crippen LogP) is 4.02. The first-order valence-corrected chi connectivity index (χ1v) is 9.58. The van der Waals surface area contributed by atoms with Crippen molar-refractivity contribution in [3.63, 3.8) is 0 Å². The molecule has 0 saturated carbocycles. The van der Waals surface area contributed by atoms with Crippen molar-refractivity contribution in [2.75, 3.05) is 13.1 Å². The Balaban J connectivity index is 0.00000240. The molecule has 1 unspecified atom stereocenters. The van der Waals surface area contributed by atoms with Crippen molar-refractivity contribution in [1.82, 2.24) is 15.6 Å². The Morgan fingerprint density at radius 1 is 1.10 bits per heavy atom. The number of hydrogen-bond donors (Lipinski definition) is 2. The highest BCUT2D eigenvalue weighted by atomic mass is 127. The topological polar surface area (TPSA) is 71.7 Å². The van der Waals surface area contributed by atoms with Gasteiger partial charge in [-0.2, -0.15) is 0 Å². The summed E-state index contributed by atoms with van der Waals surface area (Å²) in [4.78, 5) is 9.14. The summed E-state index contributed by atoms with van der Waals surface area (Å²) in [7, 11) is 0. The van der Waals surface area contributed by atoms with Gasteiger partial charge in [0.1, 0.15) is 23.8 Å². The lowest BCUT2D eigenvalue weighted by Gasteiger charge is -2.15. The van der Waals surface area contributed by atoms with Gasteiger partial charge >= 0.3 is 0 Å². The third-order valence-corrected chi connectivity index (χ3v) is 4.53. The van der Waals surface area contributed by atoms with Gasteiger partial charge in [0.05, 0.1) is 13.1 Å². The van der Waals surface area contributed by atoms with Gasteiger partial charge in [-0.25, -0.2) is 9.98 Å². The number of ether oxygens (including phenoxy) is 1. The van der Waals surface area contributed by atoms with Crippen LogP contribution in [0.4, 0.5) is 0 Å². The first-order chi connectivity index (χ1) is 13.8. The molecule has 0 bridgehead atoms. The van der Waals surface area contributed by atoms with Crippen LogP contribution < -0.4 is 15.4 Å². The number of aromatic nitrogens is 1. The summed E-state index contributed by atoms with van der Waals surface area (Å²) < 4.78 is 11.6. The summed E-state index contributed by atoms with van der Waals surface area (Å²) in [6, 6.07) is 18.0. The van der Waals surface area contributed by atoms with Crippen molar-refractivity contribution >= 4 is 29.9 Å². The van der Waals surface area contributed by atoms with Gasteiger partial charge in [-0.15, -0.1) is 24.0 Å². The third kappa shape index (κ3) is 5.50. The number of para-hydroxylation sites is 1. The smallest absolute Gasteiger partial charge is 0.226 e. The van der Waals surface area contributed by atoms with E-state index in [1.807, 2.05) is 55.5 Å². The number of hydrogen-bond acceptors (Lipinski definition) is 4. The molecular formula is C22H25IN4O2. The van der Waals surface area contributed by atoms with Crippen molar-refractivity contribution < 1.29 is 9.15 Å². The third-order valence-electron chi connectivity index (χ3n) is 4.53. The lowest BCUT2D eigenvalue weighted by molar-refractivity contribution is 0.235. The van der Waals surface area contributed by atoms with Crippen molar-refractivity contribution in [2.24, 2.45) is 4.99 Å². The van der Waals surface area contributed by atoms with E-state index in [-0.39, 0.29) is 30.1 Å². The first-order valence-electron chi connectivity index (χ1n) is 9.58. The average Bonchev–Trinajstić information content (AvgIpc) is 3.37. The van der Waals surface area contributed by atoms with Gasteiger partial charge in [0.2, 0.25) is 5.89 Å². The van der Waals surface area contributed by atoms with Crippen LogP contribution >= 0.6 is 24.0 Å². The molecule has 2 N–H and O–H groups in total. The van der Waals surface area contributed by atoms with Gasteiger partial charge in [0.25, 0.3) is 0 Å². The predicted molar refractivity (Wildman–Crippen MR) is 125 cm³/mol. The number of rotatable bonds is 6. The molecule has 1 aromatic heterocycles. The number of oxazole rings is 1. The molecule has 7 heteroatoms. The van der Waals surface area contributed by atoms with Crippen LogP contribution in [0.2, 0.25) is 0 Å². The van der Waals surface area contributed by atoms with E-state index < -0.39 is 0 Å². The Kier molecular flexibility index (Phi) is 7.51.